The molecule has 2 amide bonds. The second-order valence-electron chi connectivity index (χ2n) is 9.90. The van der Waals surface area contributed by atoms with Crippen LogP contribution in [0, 0.1) is 13.8 Å². The molecule has 0 unspecified atom stereocenters. The fourth-order valence-corrected chi connectivity index (χ4v) is 5.78. The quantitative estimate of drug-likeness (QED) is 0.285. The smallest absolute Gasteiger partial charge is 0.264 e. The van der Waals surface area contributed by atoms with Crippen molar-refractivity contribution in [3.8, 4) is 0 Å². The SMILES string of the molecule is CC[C@@H](C)NC(=O)[C@@H](C)N(Cc1cccc(Cl)c1)C(=O)CN(c1ccc(C)c(Cl)c1)S(=O)(=O)c1ccc(C)cc1. The average molecular weight is 605 g/mol. The van der Waals surface area contributed by atoms with E-state index < -0.39 is 28.5 Å². The van der Waals surface area contributed by atoms with Crippen molar-refractivity contribution in [1.82, 2.24) is 10.2 Å². The highest BCUT2D eigenvalue weighted by Gasteiger charge is 2.33. The molecule has 7 nitrogen and oxygen atoms in total. The Morgan fingerprint density at radius 2 is 1.62 bits per heavy atom. The number of nitrogens with one attached hydrogen (secondary N) is 1. The molecule has 214 valence electrons. The topological polar surface area (TPSA) is 86.8 Å². The number of hydrogen-bond donors (Lipinski definition) is 1. The Balaban J connectivity index is 2.05. The monoisotopic (exact) mass is 603 g/mol. The molecule has 40 heavy (non-hydrogen) atoms. The highest BCUT2D eigenvalue weighted by molar-refractivity contribution is 7.92. The Kier molecular flexibility index (Phi) is 10.6. The normalized spacial score (nSPS) is 12.9. The first-order chi connectivity index (χ1) is 18.8. The van der Waals surface area contributed by atoms with Crippen molar-refractivity contribution in [2.45, 2.75) is 64.6 Å². The number of rotatable bonds is 11. The Morgan fingerprint density at radius 3 is 2.23 bits per heavy atom. The number of nitrogens with zero attached hydrogens (tertiary/aromatic N) is 2. The van der Waals surface area contributed by atoms with Gasteiger partial charge in [0.1, 0.15) is 12.6 Å². The molecule has 0 aliphatic carbocycles. The highest BCUT2D eigenvalue weighted by Crippen LogP contribution is 2.29. The van der Waals surface area contributed by atoms with Crippen LogP contribution >= 0.6 is 23.2 Å². The first kappa shape index (κ1) is 31.5. The van der Waals surface area contributed by atoms with Crippen molar-refractivity contribution in [2.75, 3.05) is 10.8 Å². The number of sulfonamides is 1. The van der Waals surface area contributed by atoms with Crippen molar-refractivity contribution < 1.29 is 18.0 Å². The number of halogens is 2. The van der Waals surface area contributed by atoms with Gasteiger partial charge in [-0.2, -0.15) is 0 Å². The van der Waals surface area contributed by atoms with E-state index in [4.69, 9.17) is 23.2 Å². The zero-order valence-corrected chi connectivity index (χ0v) is 25.6. The van der Waals surface area contributed by atoms with E-state index in [1.807, 2.05) is 20.8 Å². The summed E-state index contributed by atoms with van der Waals surface area (Å²) in [5.41, 5.74) is 2.61. The van der Waals surface area contributed by atoms with E-state index in [1.54, 1.807) is 62.4 Å². The van der Waals surface area contributed by atoms with Gasteiger partial charge in [-0.25, -0.2) is 8.42 Å². The van der Waals surface area contributed by atoms with Crippen molar-refractivity contribution in [3.63, 3.8) is 0 Å². The van der Waals surface area contributed by atoms with Gasteiger partial charge in [-0.1, -0.05) is 66.0 Å². The Hall–Kier alpha value is -3.07. The van der Waals surface area contributed by atoms with Gasteiger partial charge in [0.25, 0.3) is 10.0 Å². The van der Waals surface area contributed by atoms with Gasteiger partial charge in [0, 0.05) is 22.6 Å². The molecule has 10 heteroatoms. The zero-order valence-electron chi connectivity index (χ0n) is 23.3. The molecule has 0 aliphatic rings. The van der Waals surface area contributed by atoms with Crippen LogP contribution in [0.25, 0.3) is 0 Å². The summed E-state index contributed by atoms with van der Waals surface area (Å²) >= 11 is 12.6. The summed E-state index contributed by atoms with van der Waals surface area (Å²) in [5, 5.41) is 3.77. The summed E-state index contributed by atoms with van der Waals surface area (Å²) in [5.74, 6) is -0.893. The standard InChI is InChI=1S/C30H35Cl2N3O4S/c1-6-22(4)33-30(37)23(5)34(18-24-8-7-9-25(31)16-24)29(36)19-35(26-13-12-21(3)28(32)17-26)40(38,39)27-14-10-20(2)11-15-27/h7-17,22-23H,6,18-19H2,1-5H3,(H,33,37)/t22-,23-/m1/s1. The molecular formula is C30H35Cl2N3O4S. The van der Waals surface area contributed by atoms with E-state index in [1.165, 1.54) is 23.1 Å². The summed E-state index contributed by atoms with van der Waals surface area (Å²) in [7, 11) is -4.17. The van der Waals surface area contributed by atoms with Crippen molar-refractivity contribution >= 4 is 50.7 Å². The van der Waals surface area contributed by atoms with E-state index in [-0.39, 0.29) is 29.1 Å². The van der Waals surface area contributed by atoms with Crippen LogP contribution in [-0.4, -0.2) is 43.8 Å². The van der Waals surface area contributed by atoms with Crippen LogP contribution in [0.1, 0.15) is 43.9 Å². The van der Waals surface area contributed by atoms with Crippen LogP contribution in [0.3, 0.4) is 0 Å². The van der Waals surface area contributed by atoms with Crippen LogP contribution in [0.4, 0.5) is 5.69 Å². The predicted molar refractivity (Wildman–Crippen MR) is 161 cm³/mol. The number of amides is 2. The lowest BCUT2D eigenvalue weighted by molar-refractivity contribution is -0.139. The van der Waals surface area contributed by atoms with Gasteiger partial charge < -0.3 is 10.2 Å². The number of carbonyl (C=O) groups is 2. The Morgan fingerprint density at radius 1 is 0.950 bits per heavy atom. The second-order valence-corrected chi connectivity index (χ2v) is 12.6. The van der Waals surface area contributed by atoms with Crippen molar-refractivity contribution in [1.29, 1.82) is 0 Å². The maximum absolute atomic E-state index is 14.0. The van der Waals surface area contributed by atoms with Crippen LogP contribution in [-0.2, 0) is 26.2 Å². The fourth-order valence-electron chi connectivity index (χ4n) is 3.98. The Labute approximate surface area is 247 Å². The fraction of sp³-hybridized carbons (Fsp3) is 0.333. The van der Waals surface area contributed by atoms with E-state index >= 15 is 0 Å². The number of benzene rings is 3. The predicted octanol–water partition coefficient (Wildman–Crippen LogP) is 6.14. The minimum atomic E-state index is -4.17. The van der Waals surface area contributed by atoms with Crippen LogP contribution in [0.15, 0.2) is 71.6 Å². The van der Waals surface area contributed by atoms with E-state index in [9.17, 15) is 18.0 Å². The second kappa shape index (κ2) is 13.5. The number of anilines is 1. The molecule has 0 aromatic heterocycles. The van der Waals surface area contributed by atoms with Gasteiger partial charge in [-0.3, -0.25) is 13.9 Å². The van der Waals surface area contributed by atoms with E-state index in [0.717, 1.165) is 21.9 Å². The first-order valence-corrected chi connectivity index (χ1v) is 15.2. The molecule has 0 aliphatic heterocycles. The van der Waals surface area contributed by atoms with Crippen molar-refractivity contribution in [2.24, 2.45) is 0 Å². The molecule has 0 spiro atoms. The number of carbonyl (C=O) groups excluding carboxylic acids is 2. The largest absolute Gasteiger partial charge is 0.352 e. The lowest BCUT2D eigenvalue weighted by Gasteiger charge is -2.32. The Bertz CT molecular complexity index is 1460. The summed E-state index contributed by atoms with van der Waals surface area (Å²) in [6.45, 7) is 8.63. The lowest BCUT2D eigenvalue weighted by atomic mass is 10.1. The molecule has 0 saturated carbocycles. The van der Waals surface area contributed by atoms with Gasteiger partial charge in [0.15, 0.2) is 0 Å². The molecule has 3 aromatic carbocycles. The van der Waals surface area contributed by atoms with Gasteiger partial charge >= 0.3 is 0 Å². The average Bonchev–Trinajstić information content (AvgIpc) is 2.91. The zero-order chi connectivity index (χ0) is 29.6. The molecule has 0 bridgehead atoms. The molecule has 0 radical (unpaired) electrons. The summed E-state index contributed by atoms with van der Waals surface area (Å²) in [6.07, 6.45) is 0.720. The molecule has 1 N–H and O–H groups in total. The number of aryl methyl sites for hydroxylation is 2. The third-order valence-electron chi connectivity index (χ3n) is 6.74. The van der Waals surface area contributed by atoms with Gasteiger partial charge in [-0.15, -0.1) is 0 Å². The molecule has 0 heterocycles. The van der Waals surface area contributed by atoms with E-state index in [0.29, 0.717) is 15.6 Å². The van der Waals surface area contributed by atoms with Gasteiger partial charge in [0.05, 0.1) is 10.6 Å². The molecule has 0 fully saturated rings. The minimum Gasteiger partial charge on any atom is -0.352 e. The van der Waals surface area contributed by atoms with Crippen LogP contribution < -0.4 is 9.62 Å². The molecule has 0 saturated heterocycles. The highest BCUT2D eigenvalue weighted by atomic mass is 35.5. The third kappa shape index (κ3) is 7.77. The lowest BCUT2D eigenvalue weighted by Crippen LogP contribution is -2.52. The summed E-state index contributed by atoms with van der Waals surface area (Å²) in [6, 6.07) is 17.2. The summed E-state index contributed by atoms with van der Waals surface area (Å²) < 4.78 is 28.8. The van der Waals surface area contributed by atoms with Crippen LogP contribution in [0.5, 0.6) is 0 Å². The van der Waals surface area contributed by atoms with Crippen molar-refractivity contribution in [3.05, 3.63) is 93.5 Å². The first-order valence-electron chi connectivity index (χ1n) is 13.0. The third-order valence-corrected chi connectivity index (χ3v) is 9.17. The molecule has 3 aromatic rings. The van der Waals surface area contributed by atoms with Gasteiger partial charge in [0.2, 0.25) is 11.8 Å². The molecule has 3 rings (SSSR count). The van der Waals surface area contributed by atoms with Crippen LogP contribution in [0.2, 0.25) is 10.0 Å². The molecular weight excluding hydrogens is 569 g/mol. The summed E-state index contributed by atoms with van der Waals surface area (Å²) in [4.78, 5) is 28.5. The minimum absolute atomic E-state index is 0.0338. The molecule has 2 atom stereocenters. The van der Waals surface area contributed by atoms with E-state index in [2.05, 4.69) is 5.32 Å². The number of hydrogen-bond acceptors (Lipinski definition) is 4. The maximum Gasteiger partial charge on any atom is 0.264 e. The van der Waals surface area contributed by atoms with Gasteiger partial charge in [-0.05, 0) is 81.6 Å². The maximum atomic E-state index is 14.0.